The molecule has 19 heavy (non-hydrogen) atoms. The second-order valence-corrected chi connectivity index (χ2v) is 7.55. The van der Waals surface area contributed by atoms with E-state index in [1.54, 1.807) is 6.92 Å². The lowest BCUT2D eigenvalue weighted by Crippen LogP contribution is -2.17. The molecule has 1 aliphatic rings. The maximum absolute atomic E-state index is 11.7. The number of rotatable bonds is 7. The van der Waals surface area contributed by atoms with Crippen molar-refractivity contribution in [3.63, 3.8) is 0 Å². The first kappa shape index (κ1) is 17.0. The van der Waals surface area contributed by atoms with Crippen molar-refractivity contribution in [1.82, 2.24) is 0 Å². The zero-order valence-corrected chi connectivity index (χ0v) is 13.8. The molecule has 2 atom stereocenters. The molecule has 1 saturated heterocycles. The van der Waals surface area contributed by atoms with Gasteiger partial charge in [0.1, 0.15) is 5.78 Å². The van der Waals surface area contributed by atoms with Crippen LogP contribution in [0.25, 0.3) is 0 Å². The van der Waals surface area contributed by atoms with Gasteiger partial charge in [-0.15, -0.1) is 0 Å². The molecular weight excluding hydrogens is 300 g/mol. The number of thioether (sulfide) groups is 2. The molecule has 0 bridgehead atoms. The van der Waals surface area contributed by atoms with Gasteiger partial charge >= 0.3 is 0 Å². The zero-order valence-electron chi connectivity index (χ0n) is 11.3. The summed E-state index contributed by atoms with van der Waals surface area (Å²) in [6.45, 7) is 4.05. The van der Waals surface area contributed by atoms with Gasteiger partial charge in [-0.25, -0.2) is 0 Å². The van der Waals surface area contributed by atoms with Crippen LogP contribution in [0, 0.1) is 5.92 Å². The predicted octanol–water partition coefficient (Wildman–Crippen LogP) is 3.45. The lowest BCUT2D eigenvalue weighted by atomic mass is 9.99. The second kappa shape index (κ2) is 8.97. The summed E-state index contributed by atoms with van der Waals surface area (Å²) in [5, 5.41) is 0.492. The fourth-order valence-corrected chi connectivity index (χ4v) is 4.55. The largest absolute Gasteiger partial charge is 0.479 e. The molecule has 0 spiro atoms. The number of ether oxygens (including phenoxy) is 1. The van der Waals surface area contributed by atoms with Crippen LogP contribution in [0.5, 0.6) is 0 Å². The summed E-state index contributed by atoms with van der Waals surface area (Å²) in [6, 6.07) is 0. The summed E-state index contributed by atoms with van der Waals surface area (Å²) in [7, 11) is 0. The third-order valence-corrected chi connectivity index (χ3v) is 5.47. The Hall–Kier alpha value is -0.0700. The Morgan fingerprint density at radius 2 is 2.37 bits per heavy atom. The summed E-state index contributed by atoms with van der Waals surface area (Å²) < 4.78 is 5.81. The van der Waals surface area contributed by atoms with Gasteiger partial charge in [0.25, 0.3) is 0 Å². The Morgan fingerprint density at radius 3 is 2.89 bits per heavy atom. The summed E-state index contributed by atoms with van der Waals surface area (Å²) in [6.07, 6.45) is 3.06. The molecule has 6 heteroatoms. The molecule has 0 aliphatic carbocycles. The van der Waals surface area contributed by atoms with Crippen LogP contribution in [0.15, 0.2) is 0 Å². The van der Waals surface area contributed by atoms with Crippen LogP contribution < -0.4 is 0 Å². The zero-order chi connectivity index (χ0) is 14.3. The molecule has 0 aromatic heterocycles. The fourth-order valence-electron chi connectivity index (χ4n) is 1.95. The topological polar surface area (TPSA) is 43.4 Å². The highest BCUT2D eigenvalue weighted by molar-refractivity contribution is 8.23. The molecule has 1 heterocycles. The summed E-state index contributed by atoms with van der Waals surface area (Å²) >= 11 is 8.06. The predicted molar refractivity (Wildman–Crippen MR) is 85.7 cm³/mol. The highest BCUT2D eigenvalue weighted by atomic mass is 32.2. The van der Waals surface area contributed by atoms with Gasteiger partial charge in [0.05, 0.1) is 6.61 Å². The van der Waals surface area contributed by atoms with Crippen LogP contribution in [0.4, 0.5) is 0 Å². The molecule has 108 valence electrons. The van der Waals surface area contributed by atoms with Gasteiger partial charge in [-0.1, -0.05) is 23.5 Å². The highest BCUT2D eigenvalue weighted by Crippen LogP contribution is 2.34. The molecule has 0 aromatic rings. The minimum atomic E-state index is 0.124. The van der Waals surface area contributed by atoms with E-state index in [9.17, 15) is 9.59 Å². The van der Waals surface area contributed by atoms with Crippen LogP contribution in [0.2, 0.25) is 0 Å². The van der Waals surface area contributed by atoms with E-state index in [4.69, 9.17) is 17.0 Å². The Bertz CT molecular complexity index is 344. The Kier molecular flexibility index (Phi) is 8.02. The Balaban J connectivity index is 2.49. The van der Waals surface area contributed by atoms with Crippen LogP contribution >= 0.6 is 35.7 Å². The van der Waals surface area contributed by atoms with E-state index in [-0.39, 0.29) is 22.1 Å². The van der Waals surface area contributed by atoms with Gasteiger partial charge in [-0.05, 0) is 45.3 Å². The molecule has 0 saturated carbocycles. The van der Waals surface area contributed by atoms with Crippen molar-refractivity contribution >= 4 is 51.0 Å². The fraction of sp³-hybridized carbons (Fsp3) is 0.769. The standard InChI is InChI=1S/C13H20O3S3/c1-3-16-13(17)19-11(5-4-9(2)14)8-10-6-7-18-12(10)15/h10-11H,3-8H2,1-2H3. The number of carbonyl (C=O) groups is 2. The summed E-state index contributed by atoms with van der Waals surface area (Å²) in [5.41, 5.74) is 0. The Morgan fingerprint density at radius 1 is 1.63 bits per heavy atom. The van der Waals surface area contributed by atoms with Gasteiger partial charge in [0.2, 0.25) is 4.38 Å². The minimum absolute atomic E-state index is 0.124. The van der Waals surface area contributed by atoms with Crippen molar-refractivity contribution < 1.29 is 14.3 Å². The van der Waals surface area contributed by atoms with Crippen molar-refractivity contribution in [2.75, 3.05) is 12.4 Å². The SMILES string of the molecule is CCOC(=S)SC(CCC(C)=O)CC1CCSC1=O. The molecule has 0 aromatic carbocycles. The second-order valence-electron chi connectivity index (χ2n) is 4.55. The van der Waals surface area contributed by atoms with Crippen molar-refractivity contribution in [1.29, 1.82) is 0 Å². The number of hydrogen-bond donors (Lipinski definition) is 0. The van der Waals surface area contributed by atoms with Crippen LogP contribution in [0.3, 0.4) is 0 Å². The third-order valence-electron chi connectivity index (χ3n) is 2.93. The number of Topliss-reactive ketones (excluding diaryl/α,β-unsaturated/α-hetero) is 1. The smallest absolute Gasteiger partial charge is 0.220 e. The van der Waals surface area contributed by atoms with E-state index in [1.165, 1.54) is 23.5 Å². The van der Waals surface area contributed by atoms with E-state index in [0.717, 1.165) is 25.0 Å². The molecule has 0 radical (unpaired) electrons. The lowest BCUT2D eigenvalue weighted by Gasteiger charge is -2.18. The molecule has 0 N–H and O–H groups in total. The van der Waals surface area contributed by atoms with Crippen LogP contribution in [-0.2, 0) is 14.3 Å². The summed E-state index contributed by atoms with van der Waals surface area (Å²) in [4.78, 5) is 22.8. The van der Waals surface area contributed by atoms with E-state index in [2.05, 4.69) is 0 Å². The number of ketones is 1. The molecular formula is C13H20O3S3. The first-order chi connectivity index (χ1) is 9.02. The molecule has 0 amide bonds. The monoisotopic (exact) mass is 320 g/mol. The first-order valence-electron chi connectivity index (χ1n) is 6.52. The summed E-state index contributed by atoms with van der Waals surface area (Å²) in [5.74, 6) is 1.22. The molecule has 1 rings (SSSR count). The molecule has 1 fully saturated rings. The Labute approximate surface area is 128 Å². The van der Waals surface area contributed by atoms with Crippen molar-refractivity contribution in [3.8, 4) is 0 Å². The average molecular weight is 321 g/mol. The molecule has 1 aliphatic heterocycles. The van der Waals surface area contributed by atoms with Crippen LogP contribution in [0.1, 0.15) is 39.5 Å². The molecule has 3 nitrogen and oxygen atoms in total. The maximum atomic E-state index is 11.7. The highest BCUT2D eigenvalue weighted by Gasteiger charge is 2.29. The minimum Gasteiger partial charge on any atom is -0.479 e. The maximum Gasteiger partial charge on any atom is 0.220 e. The van der Waals surface area contributed by atoms with Gasteiger partial charge in [0, 0.05) is 23.3 Å². The van der Waals surface area contributed by atoms with Gasteiger partial charge < -0.3 is 9.53 Å². The van der Waals surface area contributed by atoms with E-state index in [0.29, 0.717) is 17.4 Å². The van der Waals surface area contributed by atoms with E-state index >= 15 is 0 Å². The first-order valence-corrected chi connectivity index (χ1v) is 8.79. The third kappa shape index (κ3) is 6.77. The van der Waals surface area contributed by atoms with Crippen molar-refractivity contribution in [3.05, 3.63) is 0 Å². The number of thiocarbonyl (C=S) groups is 1. The van der Waals surface area contributed by atoms with E-state index in [1.807, 2.05) is 6.92 Å². The van der Waals surface area contributed by atoms with Gasteiger partial charge in [0.15, 0.2) is 5.12 Å². The number of hydrogen-bond acceptors (Lipinski definition) is 6. The van der Waals surface area contributed by atoms with Crippen molar-refractivity contribution in [2.45, 2.75) is 44.8 Å². The quantitative estimate of drug-likeness (QED) is 0.669. The van der Waals surface area contributed by atoms with Gasteiger partial charge in [-0.2, -0.15) is 0 Å². The molecule has 2 unspecified atom stereocenters. The average Bonchev–Trinajstić information content (AvgIpc) is 2.72. The van der Waals surface area contributed by atoms with Crippen molar-refractivity contribution in [2.24, 2.45) is 5.92 Å². The van der Waals surface area contributed by atoms with Crippen LogP contribution in [-0.4, -0.2) is 32.9 Å². The normalized spacial score (nSPS) is 20.3. The van der Waals surface area contributed by atoms with Gasteiger partial charge in [-0.3, -0.25) is 4.79 Å². The number of carbonyl (C=O) groups excluding carboxylic acids is 2. The lowest BCUT2D eigenvalue weighted by molar-refractivity contribution is -0.117. The van der Waals surface area contributed by atoms with E-state index < -0.39 is 0 Å².